The van der Waals surface area contributed by atoms with Crippen molar-refractivity contribution in [3.8, 4) is 0 Å². The highest BCUT2D eigenvalue weighted by Crippen LogP contribution is 2.11. The largest absolute Gasteiger partial charge is 0.444 e. The molecule has 1 aliphatic heterocycles. The predicted molar refractivity (Wildman–Crippen MR) is 90.0 cm³/mol. The molecular weight excluding hydrogens is 280 g/mol. The number of ether oxygens (including phenoxy) is 1. The molecule has 1 saturated heterocycles. The van der Waals surface area contributed by atoms with Crippen LogP contribution in [0.25, 0.3) is 0 Å². The molecular formula is C16H34N4O2. The Morgan fingerprint density at radius 1 is 1.27 bits per heavy atom. The minimum Gasteiger partial charge on any atom is -0.444 e. The molecule has 0 aromatic heterocycles. The SMILES string of the molecule is CCCN1CCN(C(CN)C(C)NC(=O)OC(C)(C)C)CC1. The topological polar surface area (TPSA) is 70.8 Å². The zero-order valence-electron chi connectivity index (χ0n) is 14.9. The smallest absolute Gasteiger partial charge is 0.407 e. The van der Waals surface area contributed by atoms with E-state index in [-0.39, 0.29) is 18.2 Å². The number of nitrogens with one attached hydrogen (secondary N) is 1. The van der Waals surface area contributed by atoms with Gasteiger partial charge in [0.2, 0.25) is 0 Å². The second-order valence-electron chi connectivity index (χ2n) is 7.12. The van der Waals surface area contributed by atoms with E-state index in [1.165, 1.54) is 6.42 Å². The molecule has 2 unspecified atom stereocenters. The van der Waals surface area contributed by atoms with Crippen LogP contribution in [-0.2, 0) is 4.74 Å². The highest BCUT2D eigenvalue weighted by Gasteiger charge is 2.28. The number of carbonyl (C=O) groups excluding carboxylic acids is 1. The first-order chi connectivity index (χ1) is 10.3. The number of rotatable bonds is 6. The fourth-order valence-electron chi connectivity index (χ4n) is 2.89. The molecule has 1 heterocycles. The summed E-state index contributed by atoms with van der Waals surface area (Å²) in [7, 11) is 0. The van der Waals surface area contributed by atoms with E-state index < -0.39 is 5.60 Å². The summed E-state index contributed by atoms with van der Waals surface area (Å²) in [6, 6.07) is 0.119. The Balaban J connectivity index is 2.48. The molecule has 1 aliphatic rings. The van der Waals surface area contributed by atoms with Crippen molar-refractivity contribution in [1.29, 1.82) is 0 Å². The highest BCUT2D eigenvalue weighted by atomic mass is 16.6. The summed E-state index contributed by atoms with van der Waals surface area (Å²) in [5, 5.41) is 2.92. The van der Waals surface area contributed by atoms with Crippen molar-refractivity contribution >= 4 is 6.09 Å². The molecule has 1 rings (SSSR count). The van der Waals surface area contributed by atoms with E-state index in [2.05, 4.69) is 22.0 Å². The van der Waals surface area contributed by atoms with Crippen LogP contribution in [0.1, 0.15) is 41.0 Å². The van der Waals surface area contributed by atoms with Crippen LogP contribution in [-0.4, -0.2) is 72.8 Å². The molecule has 1 amide bonds. The molecule has 0 aromatic rings. The number of amides is 1. The average Bonchev–Trinajstić information content (AvgIpc) is 2.39. The maximum atomic E-state index is 11.9. The summed E-state index contributed by atoms with van der Waals surface area (Å²) in [6.07, 6.45) is 0.819. The van der Waals surface area contributed by atoms with E-state index >= 15 is 0 Å². The van der Waals surface area contributed by atoms with Gasteiger partial charge in [0.15, 0.2) is 0 Å². The van der Waals surface area contributed by atoms with Crippen molar-refractivity contribution in [2.75, 3.05) is 39.3 Å². The minimum absolute atomic E-state index is 0.0300. The number of nitrogens with zero attached hydrogens (tertiary/aromatic N) is 2. The molecule has 0 aromatic carbocycles. The van der Waals surface area contributed by atoms with Gasteiger partial charge in [-0.05, 0) is 40.7 Å². The van der Waals surface area contributed by atoms with Gasteiger partial charge in [0.25, 0.3) is 0 Å². The Morgan fingerprint density at radius 2 is 1.86 bits per heavy atom. The Bertz CT molecular complexity index is 336. The number of hydrogen-bond acceptors (Lipinski definition) is 5. The summed E-state index contributed by atoms with van der Waals surface area (Å²) < 4.78 is 5.32. The lowest BCUT2D eigenvalue weighted by Gasteiger charge is -2.41. The van der Waals surface area contributed by atoms with E-state index in [0.29, 0.717) is 6.54 Å². The van der Waals surface area contributed by atoms with E-state index in [4.69, 9.17) is 10.5 Å². The van der Waals surface area contributed by atoms with Crippen LogP contribution in [0.15, 0.2) is 0 Å². The number of hydrogen-bond donors (Lipinski definition) is 2. The average molecular weight is 314 g/mol. The molecule has 0 spiro atoms. The third kappa shape index (κ3) is 6.50. The molecule has 2 atom stereocenters. The van der Waals surface area contributed by atoms with Crippen molar-refractivity contribution in [3.63, 3.8) is 0 Å². The molecule has 130 valence electrons. The van der Waals surface area contributed by atoms with E-state index in [1.807, 2.05) is 27.7 Å². The first-order valence-electron chi connectivity index (χ1n) is 8.42. The van der Waals surface area contributed by atoms with Crippen molar-refractivity contribution < 1.29 is 9.53 Å². The van der Waals surface area contributed by atoms with Gasteiger partial charge >= 0.3 is 6.09 Å². The van der Waals surface area contributed by atoms with Crippen LogP contribution in [0, 0.1) is 0 Å². The second-order valence-corrected chi connectivity index (χ2v) is 7.12. The maximum Gasteiger partial charge on any atom is 0.407 e. The van der Waals surface area contributed by atoms with Crippen LogP contribution >= 0.6 is 0 Å². The monoisotopic (exact) mass is 314 g/mol. The van der Waals surface area contributed by atoms with Crippen molar-refractivity contribution in [2.24, 2.45) is 5.73 Å². The van der Waals surface area contributed by atoms with E-state index in [9.17, 15) is 4.79 Å². The number of carbonyl (C=O) groups is 1. The van der Waals surface area contributed by atoms with Gasteiger partial charge in [-0.2, -0.15) is 0 Å². The zero-order valence-corrected chi connectivity index (χ0v) is 14.9. The number of piperazine rings is 1. The third-order valence-corrected chi connectivity index (χ3v) is 3.98. The van der Waals surface area contributed by atoms with E-state index in [0.717, 1.165) is 32.7 Å². The van der Waals surface area contributed by atoms with Gasteiger partial charge in [-0.3, -0.25) is 4.90 Å². The number of alkyl carbamates (subject to hydrolysis) is 1. The molecule has 0 aliphatic carbocycles. The fraction of sp³-hybridized carbons (Fsp3) is 0.938. The Hall–Kier alpha value is -0.850. The minimum atomic E-state index is -0.478. The van der Waals surface area contributed by atoms with Crippen molar-refractivity contribution in [2.45, 2.75) is 58.7 Å². The first-order valence-corrected chi connectivity index (χ1v) is 8.42. The molecule has 6 heteroatoms. The molecule has 0 radical (unpaired) electrons. The van der Waals surface area contributed by atoms with Gasteiger partial charge in [0.1, 0.15) is 5.60 Å². The Labute approximate surface area is 135 Å². The lowest BCUT2D eigenvalue weighted by molar-refractivity contribution is 0.0430. The summed E-state index contributed by atoms with van der Waals surface area (Å²) in [6.45, 7) is 15.6. The maximum absolute atomic E-state index is 11.9. The zero-order chi connectivity index (χ0) is 16.8. The molecule has 22 heavy (non-hydrogen) atoms. The first kappa shape index (κ1) is 19.2. The van der Waals surface area contributed by atoms with Crippen LogP contribution < -0.4 is 11.1 Å². The molecule has 0 bridgehead atoms. The second kappa shape index (κ2) is 8.70. The van der Waals surface area contributed by atoms with Gasteiger partial charge < -0.3 is 20.7 Å². The Morgan fingerprint density at radius 3 is 2.32 bits per heavy atom. The summed E-state index contributed by atoms with van der Waals surface area (Å²) in [5.41, 5.74) is 5.48. The lowest BCUT2D eigenvalue weighted by Crippen LogP contribution is -2.59. The lowest BCUT2D eigenvalue weighted by atomic mass is 10.1. The van der Waals surface area contributed by atoms with E-state index in [1.54, 1.807) is 0 Å². The van der Waals surface area contributed by atoms with Gasteiger partial charge in [-0.1, -0.05) is 6.92 Å². The normalized spacial score (nSPS) is 20.5. The van der Waals surface area contributed by atoms with Crippen molar-refractivity contribution in [1.82, 2.24) is 15.1 Å². The van der Waals surface area contributed by atoms with Gasteiger partial charge in [0.05, 0.1) is 0 Å². The molecule has 6 nitrogen and oxygen atoms in total. The van der Waals surface area contributed by atoms with Crippen LogP contribution in [0.5, 0.6) is 0 Å². The van der Waals surface area contributed by atoms with Gasteiger partial charge in [-0.15, -0.1) is 0 Å². The summed E-state index contributed by atoms with van der Waals surface area (Å²) in [5.74, 6) is 0. The molecule has 1 fully saturated rings. The third-order valence-electron chi connectivity index (χ3n) is 3.98. The van der Waals surface area contributed by atoms with Crippen LogP contribution in [0.4, 0.5) is 4.79 Å². The predicted octanol–water partition coefficient (Wildman–Crippen LogP) is 1.25. The molecule has 3 N–H and O–H groups in total. The standard InChI is InChI=1S/C16H34N4O2/c1-6-7-19-8-10-20(11-9-19)14(12-17)13(2)18-15(21)22-16(3,4)5/h13-14H,6-12,17H2,1-5H3,(H,18,21). The summed E-state index contributed by atoms with van der Waals surface area (Å²) >= 11 is 0. The number of nitrogens with two attached hydrogens (primary N) is 1. The van der Waals surface area contributed by atoms with Gasteiger partial charge in [0, 0.05) is 44.8 Å². The highest BCUT2D eigenvalue weighted by molar-refractivity contribution is 5.68. The van der Waals surface area contributed by atoms with Gasteiger partial charge in [-0.25, -0.2) is 4.79 Å². The summed E-state index contributed by atoms with van der Waals surface area (Å²) in [4.78, 5) is 16.8. The Kier molecular flexibility index (Phi) is 7.59. The molecule has 0 saturated carbocycles. The van der Waals surface area contributed by atoms with Crippen molar-refractivity contribution in [3.05, 3.63) is 0 Å². The fourth-order valence-corrected chi connectivity index (χ4v) is 2.89. The van der Waals surface area contributed by atoms with Crippen LogP contribution in [0.2, 0.25) is 0 Å². The van der Waals surface area contributed by atoms with Crippen LogP contribution in [0.3, 0.4) is 0 Å². The quantitative estimate of drug-likeness (QED) is 0.772.